The average molecular weight is 246 g/mol. The van der Waals surface area contributed by atoms with Crippen LogP contribution in [0.1, 0.15) is 89.2 Å². The van der Waals surface area contributed by atoms with Gasteiger partial charge < -0.3 is 0 Å². The third-order valence-electron chi connectivity index (χ3n) is 4.06. The monoisotopic (exact) mass is 246 g/mol. The highest BCUT2D eigenvalue weighted by Crippen LogP contribution is 2.26. The lowest BCUT2D eigenvalue weighted by atomic mass is 9.91. The van der Waals surface area contributed by atoms with Gasteiger partial charge in [-0.1, -0.05) is 77.6 Å². The van der Waals surface area contributed by atoms with Crippen LogP contribution in [0.4, 0.5) is 0 Å². The fraction of sp³-hybridized carbons (Fsp3) is 0.667. The molecule has 0 radical (unpaired) electrons. The predicted molar refractivity (Wildman–Crippen MR) is 82.3 cm³/mol. The van der Waals surface area contributed by atoms with Gasteiger partial charge in [-0.05, 0) is 35.8 Å². The van der Waals surface area contributed by atoms with Crippen LogP contribution in [0.15, 0.2) is 24.3 Å². The summed E-state index contributed by atoms with van der Waals surface area (Å²) in [5, 5.41) is 0. The van der Waals surface area contributed by atoms with Crippen molar-refractivity contribution in [3.63, 3.8) is 0 Å². The third kappa shape index (κ3) is 4.84. The first-order chi connectivity index (χ1) is 8.69. The lowest BCUT2D eigenvalue weighted by molar-refractivity contribution is 0.617. The maximum Gasteiger partial charge on any atom is -0.0190 e. The Morgan fingerprint density at radius 3 is 1.33 bits per heavy atom. The molecule has 0 aliphatic rings. The van der Waals surface area contributed by atoms with Crippen molar-refractivity contribution in [2.45, 2.75) is 78.1 Å². The van der Waals surface area contributed by atoms with Gasteiger partial charge >= 0.3 is 0 Å². The summed E-state index contributed by atoms with van der Waals surface area (Å²) in [6.07, 6.45) is 7.93. The molecule has 0 aliphatic carbocycles. The van der Waals surface area contributed by atoms with Crippen molar-refractivity contribution in [2.75, 3.05) is 0 Å². The van der Waals surface area contributed by atoms with Gasteiger partial charge in [0.25, 0.3) is 0 Å². The molecule has 1 aromatic rings. The molecule has 102 valence electrons. The first-order valence-corrected chi connectivity index (χ1v) is 7.78. The molecular formula is C18H30. The second kappa shape index (κ2) is 8.34. The van der Waals surface area contributed by atoms with Crippen LogP contribution in [0.25, 0.3) is 0 Å². The molecule has 18 heavy (non-hydrogen) atoms. The van der Waals surface area contributed by atoms with Crippen LogP contribution in [0.2, 0.25) is 0 Å². The molecule has 2 unspecified atom stereocenters. The lowest BCUT2D eigenvalue weighted by Crippen LogP contribution is -1.97. The number of hydrogen-bond donors (Lipinski definition) is 0. The summed E-state index contributed by atoms with van der Waals surface area (Å²) >= 11 is 0. The SMILES string of the molecule is CCCCC(C)c1ccc(C(C)CCCC)cc1. The predicted octanol–water partition coefficient (Wildman–Crippen LogP) is 6.27. The van der Waals surface area contributed by atoms with Crippen molar-refractivity contribution < 1.29 is 0 Å². The van der Waals surface area contributed by atoms with E-state index in [1.165, 1.54) is 49.7 Å². The Morgan fingerprint density at radius 1 is 0.722 bits per heavy atom. The van der Waals surface area contributed by atoms with E-state index in [9.17, 15) is 0 Å². The van der Waals surface area contributed by atoms with Gasteiger partial charge in [0.1, 0.15) is 0 Å². The van der Waals surface area contributed by atoms with Crippen LogP contribution in [-0.4, -0.2) is 0 Å². The van der Waals surface area contributed by atoms with Crippen LogP contribution < -0.4 is 0 Å². The van der Waals surface area contributed by atoms with Gasteiger partial charge in [0.05, 0.1) is 0 Å². The van der Waals surface area contributed by atoms with E-state index in [1.54, 1.807) is 0 Å². The number of hydrogen-bond acceptors (Lipinski definition) is 0. The number of benzene rings is 1. The van der Waals surface area contributed by atoms with Crippen LogP contribution in [-0.2, 0) is 0 Å². The molecule has 1 aromatic carbocycles. The van der Waals surface area contributed by atoms with Gasteiger partial charge in [0.2, 0.25) is 0 Å². The highest BCUT2D eigenvalue weighted by molar-refractivity contribution is 5.27. The van der Waals surface area contributed by atoms with E-state index in [4.69, 9.17) is 0 Å². The molecule has 0 amide bonds. The molecule has 0 heterocycles. The summed E-state index contributed by atoms with van der Waals surface area (Å²) in [7, 11) is 0. The molecule has 2 atom stereocenters. The van der Waals surface area contributed by atoms with E-state index in [0.29, 0.717) is 11.8 Å². The van der Waals surface area contributed by atoms with Gasteiger partial charge in [-0.3, -0.25) is 0 Å². The minimum absolute atomic E-state index is 0.713. The summed E-state index contributed by atoms with van der Waals surface area (Å²) in [5.74, 6) is 1.43. The minimum Gasteiger partial charge on any atom is -0.0654 e. The fourth-order valence-corrected chi connectivity index (χ4v) is 2.51. The summed E-state index contributed by atoms with van der Waals surface area (Å²) < 4.78 is 0. The lowest BCUT2D eigenvalue weighted by Gasteiger charge is -2.15. The second-order valence-electron chi connectivity index (χ2n) is 5.75. The van der Waals surface area contributed by atoms with Crippen LogP contribution in [0, 0.1) is 0 Å². The van der Waals surface area contributed by atoms with E-state index in [0.717, 1.165) is 0 Å². The molecule has 1 rings (SSSR count). The molecule has 0 fully saturated rings. The van der Waals surface area contributed by atoms with Crippen LogP contribution in [0.3, 0.4) is 0 Å². The fourth-order valence-electron chi connectivity index (χ4n) is 2.51. The Balaban J connectivity index is 2.56. The van der Waals surface area contributed by atoms with E-state index >= 15 is 0 Å². The van der Waals surface area contributed by atoms with E-state index in [1.807, 2.05) is 0 Å². The van der Waals surface area contributed by atoms with E-state index in [-0.39, 0.29) is 0 Å². The maximum atomic E-state index is 2.35. The zero-order valence-electron chi connectivity index (χ0n) is 12.7. The number of rotatable bonds is 8. The molecule has 0 bridgehead atoms. The van der Waals surface area contributed by atoms with Gasteiger partial charge in [0.15, 0.2) is 0 Å². The molecule has 0 saturated heterocycles. The molecule has 0 nitrogen and oxygen atoms in total. The normalized spacial score (nSPS) is 14.4. The van der Waals surface area contributed by atoms with Crippen LogP contribution >= 0.6 is 0 Å². The van der Waals surface area contributed by atoms with Gasteiger partial charge in [-0.2, -0.15) is 0 Å². The van der Waals surface area contributed by atoms with Crippen molar-refractivity contribution in [1.82, 2.24) is 0 Å². The highest BCUT2D eigenvalue weighted by atomic mass is 14.1. The Labute approximate surface area is 114 Å². The number of unbranched alkanes of at least 4 members (excludes halogenated alkanes) is 2. The van der Waals surface area contributed by atoms with Crippen molar-refractivity contribution >= 4 is 0 Å². The van der Waals surface area contributed by atoms with Crippen molar-refractivity contribution in [2.24, 2.45) is 0 Å². The Bertz CT molecular complexity index is 276. The quantitative estimate of drug-likeness (QED) is 0.507. The summed E-state index contributed by atoms with van der Waals surface area (Å²) in [4.78, 5) is 0. The molecule has 0 aromatic heterocycles. The molecular weight excluding hydrogens is 216 g/mol. The van der Waals surface area contributed by atoms with Crippen LogP contribution in [0.5, 0.6) is 0 Å². The zero-order chi connectivity index (χ0) is 13.4. The standard InChI is InChI=1S/C18H30/c1-5-7-9-15(3)17-11-13-18(14-12-17)16(4)10-8-6-2/h11-16H,5-10H2,1-4H3. The summed E-state index contributed by atoms with van der Waals surface area (Å²) in [6, 6.07) is 9.38. The minimum atomic E-state index is 0.713. The molecule has 0 saturated carbocycles. The van der Waals surface area contributed by atoms with E-state index in [2.05, 4.69) is 52.0 Å². The Morgan fingerprint density at radius 2 is 1.06 bits per heavy atom. The second-order valence-corrected chi connectivity index (χ2v) is 5.75. The first kappa shape index (κ1) is 15.3. The maximum absolute atomic E-state index is 2.35. The summed E-state index contributed by atoms with van der Waals surface area (Å²) in [5.41, 5.74) is 3.02. The molecule has 0 spiro atoms. The Hall–Kier alpha value is -0.780. The molecule has 0 aliphatic heterocycles. The summed E-state index contributed by atoms with van der Waals surface area (Å²) in [6.45, 7) is 9.24. The Kier molecular flexibility index (Phi) is 7.08. The van der Waals surface area contributed by atoms with Crippen molar-refractivity contribution in [1.29, 1.82) is 0 Å². The largest absolute Gasteiger partial charge is 0.0654 e. The molecule has 0 N–H and O–H groups in total. The molecule has 0 heteroatoms. The average Bonchev–Trinajstić information content (AvgIpc) is 2.42. The van der Waals surface area contributed by atoms with Crippen molar-refractivity contribution in [3.05, 3.63) is 35.4 Å². The topological polar surface area (TPSA) is 0 Å². The van der Waals surface area contributed by atoms with E-state index < -0.39 is 0 Å². The van der Waals surface area contributed by atoms with Gasteiger partial charge in [0, 0.05) is 0 Å². The highest BCUT2D eigenvalue weighted by Gasteiger charge is 2.07. The van der Waals surface area contributed by atoms with Gasteiger partial charge in [-0.25, -0.2) is 0 Å². The smallest absolute Gasteiger partial charge is 0.0190 e. The van der Waals surface area contributed by atoms with Crippen molar-refractivity contribution in [3.8, 4) is 0 Å². The first-order valence-electron chi connectivity index (χ1n) is 7.78. The zero-order valence-corrected chi connectivity index (χ0v) is 12.7. The van der Waals surface area contributed by atoms with Gasteiger partial charge in [-0.15, -0.1) is 0 Å². The third-order valence-corrected chi connectivity index (χ3v) is 4.06.